The Bertz CT molecular complexity index is 1120. The third-order valence-electron chi connectivity index (χ3n) is 4.50. The predicted octanol–water partition coefficient (Wildman–Crippen LogP) is -0.0333. The Balaban J connectivity index is 1.80. The number of nitrogens with one attached hydrogen (secondary N) is 2. The largest absolute Gasteiger partial charge is 0.353 e. The SMILES string of the molecule is CN(C)CCNCCCNc1nnc2c(n1)c(=O)n(C)c(=O)n2-c1ccc(F)cc1. The van der Waals surface area contributed by atoms with E-state index < -0.39 is 17.1 Å². The molecule has 2 heterocycles. The van der Waals surface area contributed by atoms with Gasteiger partial charge in [0.15, 0.2) is 11.2 Å². The van der Waals surface area contributed by atoms with Crippen LogP contribution in [0.4, 0.5) is 10.3 Å². The van der Waals surface area contributed by atoms with E-state index in [0.717, 1.165) is 30.6 Å². The van der Waals surface area contributed by atoms with E-state index in [-0.39, 0.29) is 17.1 Å². The Morgan fingerprint density at radius 3 is 2.50 bits per heavy atom. The van der Waals surface area contributed by atoms with E-state index in [0.29, 0.717) is 12.2 Å². The molecule has 10 nitrogen and oxygen atoms in total. The van der Waals surface area contributed by atoms with E-state index in [4.69, 9.17) is 0 Å². The zero-order valence-electron chi connectivity index (χ0n) is 17.2. The second-order valence-electron chi connectivity index (χ2n) is 7.10. The van der Waals surface area contributed by atoms with Crippen LogP contribution in [0.25, 0.3) is 16.9 Å². The fourth-order valence-electron chi connectivity index (χ4n) is 2.84. The molecule has 0 saturated heterocycles. The monoisotopic (exact) mass is 416 g/mol. The number of rotatable bonds is 9. The fraction of sp³-hybridized carbons (Fsp3) is 0.421. The lowest BCUT2D eigenvalue weighted by Gasteiger charge is -2.12. The molecule has 0 bridgehead atoms. The number of aromatic nitrogens is 5. The number of likely N-dealkylation sites (N-methyl/N-ethyl adjacent to an activating group) is 1. The maximum atomic E-state index is 13.3. The van der Waals surface area contributed by atoms with Crippen LogP contribution in [-0.2, 0) is 7.05 Å². The number of anilines is 1. The second-order valence-corrected chi connectivity index (χ2v) is 7.10. The van der Waals surface area contributed by atoms with Crippen LogP contribution in [-0.4, -0.2) is 69.5 Å². The lowest BCUT2D eigenvalue weighted by molar-refractivity contribution is 0.400. The van der Waals surface area contributed by atoms with Crippen molar-refractivity contribution in [3.8, 4) is 5.69 Å². The van der Waals surface area contributed by atoms with Gasteiger partial charge in [0.25, 0.3) is 5.56 Å². The van der Waals surface area contributed by atoms with Crippen LogP contribution in [0.2, 0.25) is 0 Å². The molecule has 3 rings (SSSR count). The summed E-state index contributed by atoms with van der Waals surface area (Å²) in [6, 6.07) is 5.31. The topological polar surface area (TPSA) is 110 Å². The third-order valence-corrected chi connectivity index (χ3v) is 4.50. The summed E-state index contributed by atoms with van der Waals surface area (Å²) < 4.78 is 15.4. The maximum absolute atomic E-state index is 13.3. The molecule has 0 radical (unpaired) electrons. The first-order valence-corrected chi connectivity index (χ1v) is 9.60. The summed E-state index contributed by atoms with van der Waals surface area (Å²) in [5.41, 5.74) is -0.798. The van der Waals surface area contributed by atoms with Crippen LogP contribution in [0.3, 0.4) is 0 Å². The van der Waals surface area contributed by atoms with Gasteiger partial charge in [-0.3, -0.25) is 9.36 Å². The summed E-state index contributed by atoms with van der Waals surface area (Å²) in [7, 11) is 5.40. The van der Waals surface area contributed by atoms with Gasteiger partial charge in [0.2, 0.25) is 5.95 Å². The van der Waals surface area contributed by atoms with Crippen LogP contribution in [0.5, 0.6) is 0 Å². The molecular formula is C19H25FN8O2. The highest BCUT2D eigenvalue weighted by atomic mass is 19.1. The van der Waals surface area contributed by atoms with Gasteiger partial charge in [-0.15, -0.1) is 10.2 Å². The summed E-state index contributed by atoms with van der Waals surface area (Å²) in [6.45, 7) is 3.29. The summed E-state index contributed by atoms with van der Waals surface area (Å²) in [5.74, 6) is -0.231. The zero-order chi connectivity index (χ0) is 21.7. The van der Waals surface area contributed by atoms with Gasteiger partial charge >= 0.3 is 5.69 Å². The van der Waals surface area contributed by atoms with Gasteiger partial charge in [0.05, 0.1) is 5.69 Å². The van der Waals surface area contributed by atoms with Gasteiger partial charge in [-0.2, -0.15) is 0 Å². The normalized spacial score (nSPS) is 11.4. The molecule has 3 aromatic rings. The van der Waals surface area contributed by atoms with Crippen molar-refractivity contribution in [1.82, 2.24) is 34.5 Å². The van der Waals surface area contributed by atoms with E-state index >= 15 is 0 Å². The van der Waals surface area contributed by atoms with Gasteiger partial charge in [0, 0.05) is 26.7 Å². The van der Waals surface area contributed by atoms with E-state index in [1.54, 1.807) is 0 Å². The summed E-state index contributed by atoms with van der Waals surface area (Å²) in [6.07, 6.45) is 0.835. The highest BCUT2D eigenvalue weighted by Crippen LogP contribution is 2.12. The molecule has 1 aromatic carbocycles. The molecule has 160 valence electrons. The Morgan fingerprint density at radius 2 is 1.80 bits per heavy atom. The van der Waals surface area contributed by atoms with Crippen molar-refractivity contribution in [3.63, 3.8) is 0 Å². The number of halogens is 1. The number of benzene rings is 1. The van der Waals surface area contributed by atoms with Crippen molar-refractivity contribution in [2.24, 2.45) is 7.05 Å². The summed E-state index contributed by atoms with van der Waals surface area (Å²) >= 11 is 0. The van der Waals surface area contributed by atoms with Crippen LogP contribution in [0, 0.1) is 5.82 Å². The smallest absolute Gasteiger partial charge is 0.337 e. The van der Waals surface area contributed by atoms with E-state index in [1.807, 2.05) is 14.1 Å². The predicted molar refractivity (Wildman–Crippen MR) is 113 cm³/mol. The minimum Gasteiger partial charge on any atom is -0.353 e. The van der Waals surface area contributed by atoms with Crippen molar-refractivity contribution in [3.05, 3.63) is 50.9 Å². The van der Waals surface area contributed by atoms with Crippen molar-refractivity contribution in [2.45, 2.75) is 6.42 Å². The number of nitrogens with zero attached hydrogens (tertiary/aromatic N) is 6. The molecule has 0 aliphatic heterocycles. The van der Waals surface area contributed by atoms with E-state index in [2.05, 4.69) is 30.7 Å². The van der Waals surface area contributed by atoms with Crippen molar-refractivity contribution in [2.75, 3.05) is 45.6 Å². The molecule has 2 aromatic heterocycles. The molecule has 0 aliphatic carbocycles. The number of hydrogen-bond donors (Lipinski definition) is 2. The maximum Gasteiger partial charge on any atom is 0.337 e. The molecule has 0 unspecified atom stereocenters. The molecule has 11 heteroatoms. The fourth-order valence-corrected chi connectivity index (χ4v) is 2.84. The van der Waals surface area contributed by atoms with Gasteiger partial charge in [-0.05, 0) is 51.3 Å². The quantitative estimate of drug-likeness (QED) is 0.468. The van der Waals surface area contributed by atoms with Gasteiger partial charge in [-0.25, -0.2) is 18.7 Å². The standard InChI is InChI=1S/C19H25FN8O2/c1-26(2)12-11-21-9-4-10-22-18-23-15-16(24-25-18)28(19(30)27(3)17(15)29)14-7-5-13(20)6-8-14/h5-8,21H,4,9-12H2,1-3H3,(H,22,23,25). The Hall–Kier alpha value is -3.18. The highest BCUT2D eigenvalue weighted by molar-refractivity contribution is 5.71. The first kappa shape index (κ1) is 21.5. The van der Waals surface area contributed by atoms with Gasteiger partial charge in [-0.1, -0.05) is 0 Å². The highest BCUT2D eigenvalue weighted by Gasteiger charge is 2.16. The summed E-state index contributed by atoms with van der Waals surface area (Å²) in [4.78, 5) is 31.5. The average Bonchev–Trinajstić information content (AvgIpc) is 2.73. The Labute approximate surface area is 172 Å². The first-order chi connectivity index (χ1) is 14.4. The molecule has 2 N–H and O–H groups in total. The molecular weight excluding hydrogens is 391 g/mol. The second kappa shape index (κ2) is 9.55. The molecule has 0 fully saturated rings. The van der Waals surface area contributed by atoms with E-state index in [1.165, 1.54) is 35.9 Å². The Kier molecular flexibility index (Phi) is 6.85. The Morgan fingerprint density at radius 1 is 1.07 bits per heavy atom. The minimum absolute atomic E-state index is 0.00281. The summed E-state index contributed by atoms with van der Waals surface area (Å²) in [5, 5.41) is 14.4. The van der Waals surface area contributed by atoms with Crippen LogP contribution >= 0.6 is 0 Å². The zero-order valence-corrected chi connectivity index (χ0v) is 17.2. The number of hydrogen-bond acceptors (Lipinski definition) is 8. The van der Waals surface area contributed by atoms with Gasteiger partial charge in [0.1, 0.15) is 5.82 Å². The van der Waals surface area contributed by atoms with Crippen LogP contribution < -0.4 is 21.9 Å². The van der Waals surface area contributed by atoms with Crippen molar-refractivity contribution in [1.29, 1.82) is 0 Å². The molecule has 0 amide bonds. The molecule has 0 saturated carbocycles. The van der Waals surface area contributed by atoms with Crippen molar-refractivity contribution < 1.29 is 4.39 Å². The third kappa shape index (κ3) is 4.86. The van der Waals surface area contributed by atoms with Crippen LogP contribution in [0.15, 0.2) is 33.9 Å². The lowest BCUT2D eigenvalue weighted by atomic mass is 10.3. The van der Waals surface area contributed by atoms with Gasteiger partial charge < -0.3 is 15.5 Å². The van der Waals surface area contributed by atoms with E-state index in [9.17, 15) is 14.0 Å². The average molecular weight is 416 g/mol. The molecule has 30 heavy (non-hydrogen) atoms. The minimum atomic E-state index is -0.611. The number of fused-ring (bicyclic) bond motifs is 1. The lowest BCUT2D eigenvalue weighted by Crippen LogP contribution is -2.38. The molecule has 0 aliphatic rings. The molecule has 0 spiro atoms. The van der Waals surface area contributed by atoms with Crippen LogP contribution in [0.1, 0.15) is 6.42 Å². The first-order valence-electron chi connectivity index (χ1n) is 9.60. The van der Waals surface area contributed by atoms with Crippen molar-refractivity contribution >= 4 is 17.1 Å². The molecule has 0 atom stereocenters.